The molecule has 3 aliphatic heterocycles. The van der Waals surface area contributed by atoms with Gasteiger partial charge in [-0.1, -0.05) is 24.3 Å². The van der Waals surface area contributed by atoms with Crippen LogP contribution in [0, 0.1) is 11.8 Å². The maximum absolute atomic E-state index is 13.6. The largest absolute Gasteiger partial charge is 0.497 e. The number of hydrogen-bond donors (Lipinski definition) is 0. The molecule has 31 heavy (non-hydrogen) atoms. The lowest BCUT2D eigenvalue weighted by Gasteiger charge is -2.33. The molecule has 2 saturated heterocycles. The highest BCUT2D eigenvalue weighted by molar-refractivity contribution is 6.23. The number of methoxy groups -OCH3 is 1. The van der Waals surface area contributed by atoms with Crippen LogP contribution in [0.3, 0.4) is 0 Å². The van der Waals surface area contributed by atoms with Crippen molar-refractivity contribution in [2.24, 2.45) is 16.9 Å². The zero-order valence-electron chi connectivity index (χ0n) is 17.1. The van der Waals surface area contributed by atoms with Crippen molar-refractivity contribution in [2.45, 2.75) is 19.0 Å². The fraction of sp³-hybridized carbons (Fsp3) is 0.304. The molecule has 0 bridgehead atoms. The minimum absolute atomic E-state index is 0.176. The molecule has 3 heterocycles. The van der Waals surface area contributed by atoms with Gasteiger partial charge in [-0.25, -0.2) is 9.69 Å². The Labute approximate surface area is 179 Å². The topological polar surface area (TPSA) is 88.5 Å². The van der Waals surface area contributed by atoms with Crippen LogP contribution in [-0.2, 0) is 19.1 Å². The molecule has 0 aliphatic carbocycles. The molecule has 2 fully saturated rings. The van der Waals surface area contributed by atoms with Crippen molar-refractivity contribution >= 4 is 29.7 Å². The van der Waals surface area contributed by atoms with Crippen LogP contribution in [0.25, 0.3) is 0 Å². The lowest BCUT2D eigenvalue weighted by atomic mass is 9.85. The molecule has 0 unspecified atom stereocenters. The fourth-order valence-electron chi connectivity index (χ4n) is 4.85. The highest BCUT2D eigenvalue weighted by Gasteiger charge is 2.66. The van der Waals surface area contributed by atoms with Crippen molar-refractivity contribution in [1.29, 1.82) is 0 Å². The summed E-state index contributed by atoms with van der Waals surface area (Å²) in [5.74, 6) is -2.29. The summed E-state index contributed by atoms with van der Waals surface area (Å²) in [6, 6.07) is 12.8. The van der Waals surface area contributed by atoms with Crippen LogP contribution < -0.4 is 9.64 Å². The number of carbonyl (C=O) groups is 3. The number of amides is 2. The summed E-state index contributed by atoms with van der Waals surface area (Å²) < 4.78 is 10.4. The van der Waals surface area contributed by atoms with E-state index < -0.39 is 35.8 Å². The van der Waals surface area contributed by atoms with Crippen molar-refractivity contribution < 1.29 is 23.9 Å². The van der Waals surface area contributed by atoms with Gasteiger partial charge in [0.05, 0.1) is 43.5 Å². The summed E-state index contributed by atoms with van der Waals surface area (Å²) in [4.78, 5) is 41.2. The van der Waals surface area contributed by atoms with Gasteiger partial charge in [0.1, 0.15) is 5.75 Å². The first kappa shape index (κ1) is 19.3. The van der Waals surface area contributed by atoms with E-state index in [1.54, 1.807) is 49.5 Å². The molecule has 0 saturated carbocycles. The summed E-state index contributed by atoms with van der Waals surface area (Å²) in [5, 5.41) is 6.04. The summed E-state index contributed by atoms with van der Waals surface area (Å²) in [6.45, 7) is 1.89. The number of hydrogen-bond acceptors (Lipinski definition) is 7. The van der Waals surface area contributed by atoms with Gasteiger partial charge in [-0.05, 0) is 42.3 Å². The van der Waals surface area contributed by atoms with Crippen LogP contribution in [0.15, 0.2) is 53.6 Å². The second-order valence-electron chi connectivity index (χ2n) is 7.66. The van der Waals surface area contributed by atoms with Crippen LogP contribution in [0.4, 0.5) is 5.69 Å². The Hall–Kier alpha value is -3.68. The number of fused-ring (bicyclic) bond motifs is 5. The quantitative estimate of drug-likeness (QED) is 0.557. The lowest BCUT2D eigenvalue weighted by Crippen LogP contribution is -2.45. The van der Waals surface area contributed by atoms with E-state index in [4.69, 9.17) is 9.47 Å². The third kappa shape index (κ3) is 2.74. The molecule has 8 heteroatoms. The Bertz CT molecular complexity index is 1100. The first-order valence-corrected chi connectivity index (χ1v) is 10.2. The first-order valence-electron chi connectivity index (χ1n) is 10.2. The van der Waals surface area contributed by atoms with Crippen LogP contribution >= 0.6 is 0 Å². The Balaban J connectivity index is 1.61. The molecular weight excluding hydrogens is 398 g/mol. The molecule has 0 radical (unpaired) electrons. The van der Waals surface area contributed by atoms with E-state index in [1.807, 2.05) is 24.3 Å². The predicted octanol–water partition coefficient (Wildman–Crippen LogP) is 2.14. The van der Waals surface area contributed by atoms with Gasteiger partial charge < -0.3 is 9.47 Å². The summed E-state index contributed by atoms with van der Waals surface area (Å²) >= 11 is 0. The molecular formula is C23H21N3O5. The normalized spacial score (nSPS) is 25.9. The molecule has 2 amide bonds. The lowest BCUT2D eigenvalue weighted by molar-refractivity contribution is -0.152. The number of carbonyl (C=O) groups excluding carboxylic acids is 3. The smallest absolute Gasteiger partial charge is 0.331 e. The summed E-state index contributed by atoms with van der Waals surface area (Å²) in [7, 11) is 1.55. The SMILES string of the molecule is CCOC(=O)[C@@H]1[C@@H]2C(=O)N(c3ccc(OC)cc3)C(=O)[C@@H]2[C@H]2c3ccccc3C=NN12. The van der Waals surface area contributed by atoms with E-state index in [2.05, 4.69) is 5.10 Å². The Kier molecular flexibility index (Phi) is 4.50. The Morgan fingerprint density at radius 1 is 1.03 bits per heavy atom. The fourth-order valence-corrected chi connectivity index (χ4v) is 4.85. The van der Waals surface area contributed by atoms with Crippen molar-refractivity contribution in [3.63, 3.8) is 0 Å². The van der Waals surface area contributed by atoms with Gasteiger partial charge in [0.15, 0.2) is 6.04 Å². The number of benzene rings is 2. The van der Waals surface area contributed by atoms with Gasteiger partial charge in [-0.2, -0.15) is 5.10 Å². The number of esters is 1. The second-order valence-corrected chi connectivity index (χ2v) is 7.66. The van der Waals surface area contributed by atoms with Gasteiger partial charge in [-0.3, -0.25) is 14.6 Å². The van der Waals surface area contributed by atoms with Crippen LogP contribution in [-0.4, -0.2) is 48.8 Å². The molecule has 2 aromatic rings. The first-order chi connectivity index (χ1) is 15.1. The number of rotatable bonds is 4. The number of anilines is 1. The van der Waals surface area contributed by atoms with Gasteiger partial charge in [0.2, 0.25) is 11.8 Å². The minimum atomic E-state index is -0.959. The van der Waals surface area contributed by atoms with Crippen LogP contribution in [0.1, 0.15) is 24.1 Å². The second kappa shape index (κ2) is 7.23. The van der Waals surface area contributed by atoms with E-state index in [-0.39, 0.29) is 12.5 Å². The summed E-state index contributed by atoms with van der Waals surface area (Å²) in [5.41, 5.74) is 2.19. The van der Waals surface area contributed by atoms with E-state index in [1.165, 1.54) is 4.90 Å². The van der Waals surface area contributed by atoms with Crippen LogP contribution in [0.5, 0.6) is 5.75 Å². The molecule has 2 aromatic carbocycles. The average Bonchev–Trinajstić information content (AvgIpc) is 3.27. The Morgan fingerprint density at radius 2 is 1.74 bits per heavy atom. The standard InChI is InChI=1S/C23H21N3O5/c1-3-31-23(29)20-18-17(19-16-7-5-4-6-13(16)12-24-26(19)20)21(27)25(22(18)28)14-8-10-15(30-2)11-9-14/h4-12,17-20H,3H2,1-2H3/t17-,18+,19+,20-/m0/s1. The zero-order valence-corrected chi connectivity index (χ0v) is 17.1. The molecule has 5 rings (SSSR count). The van der Waals surface area contributed by atoms with Crippen molar-refractivity contribution in [2.75, 3.05) is 18.6 Å². The van der Waals surface area contributed by atoms with E-state index in [0.29, 0.717) is 11.4 Å². The maximum atomic E-state index is 13.6. The van der Waals surface area contributed by atoms with Gasteiger partial charge >= 0.3 is 5.97 Å². The molecule has 8 nitrogen and oxygen atoms in total. The maximum Gasteiger partial charge on any atom is 0.331 e. The average molecular weight is 419 g/mol. The Morgan fingerprint density at radius 3 is 2.45 bits per heavy atom. The number of imide groups is 1. The van der Waals surface area contributed by atoms with E-state index in [9.17, 15) is 14.4 Å². The monoisotopic (exact) mass is 419 g/mol. The summed E-state index contributed by atoms with van der Waals surface area (Å²) in [6.07, 6.45) is 1.66. The number of hydrazone groups is 1. The van der Waals surface area contributed by atoms with E-state index >= 15 is 0 Å². The molecule has 0 aromatic heterocycles. The highest BCUT2D eigenvalue weighted by Crippen LogP contribution is 2.52. The van der Waals surface area contributed by atoms with E-state index in [0.717, 1.165) is 11.1 Å². The van der Waals surface area contributed by atoms with Crippen molar-refractivity contribution in [1.82, 2.24) is 5.01 Å². The molecule has 0 spiro atoms. The minimum Gasteiger partial charge on any atom is -0.497 e. The third-order valence-corrected chi connectivity index (χ3v) is 6.15. The molecule has 4 atom stereocenters. The third-order valence-electron chi connectivity index (χ3n) is 6.15. The van der Waals surface area contributed by atoms with Crippen molar-refractivity contribution in [3.8, 4) is 5.75 Å². The van der Waals surface area contributed by atoms with Gasteiger partial charge in [0.25, 0.3) is 0 Å². The number of ether oxygens (including phenoxy) is 2. The van der Waals surface area contributed by atoms with Gasteiger partial charge in [-0.15, -0.1) is 0 Å². The molecule has 0 N–H and O–H groups in total. The van der Waals surface area contributed by atoms with Crippen LogP contribution in [0.2, 0.25) is 0 Å². The van der Waals surface area contributed by atoms with Crippen molar-refractivity contribution in [3.05, 3.63) is 59.7 Å². The molecule has 3 aliphatic rings. The number of nitrogens with zero attached hydrogens (tertiary/aromatic N) is 3. The van der Waals surface area contributed by atoms with Gasteiger partial charge in [0, 0.05) is 0 Å². The zero-order chi connectivity index (χ0) is 21.7. The molecule has 158 valence electrons. The highest BCUT2D eigenvalue weighted by atomic mass is 16.5. The predicted molar refractivity (Wildman–Crippen MR) is 112 cm³/mol.